The first kappa shape index (κ1) is 17.1. The minimum atomic E-state index is -0.464. The number of carbonyl (C=O) groups is 1. The molecule has 0 fully saturated rings. The van der Waals surface area contributed by atoms with Crippen molar-refractivity contribution < 1.29 is 4.79 Å². The summed E-state index contributed by atoms with van der Waals surface area (Å²) in [4.78, 5) is 34.5. The van der Waals surface area contributed by atoms with E-state index in [4.69, 9.17) is 0 Å². The van der Waals surface area contributed by atoms with Gasteiger partial charge in [0.1, 0.15) is 5.56 Å². The third kappa shape index (κ3) is 3.37. The zero-order chi connectivity index (χ0) is 18.8. The van der Waals surface area contributed by atoms with Crippen LogP contribution < -0.4 is 10.9 Å². The molecule has 134 valence electrons. The summed E-state index contributed by atoms with van der Waals surface area (Å²) >= 11 is 1.37. The molecule has 1 amide bonds. The van der Waals surface area contributed by atoms with Gasteiger partial charge in [0.05, 0.1) is 17.9 Å². The normalized spacial score (nSPS) is 10.9. The van der Waals surface area contributed by atoms with Gasteiger partial charge in [-0.25, -0.2) is 4.98 Å². The smallest absolute Gasteiger partial charge is 0.271 e. The van der Waals surface area contributed by atoms with Gasteiger partial charge in [-0.05, 0) is 24.6 Å². The molecule has 0 saturated carbocycles. The minimum absolute atomic E-state index is 0.00944. The number of nitrogens with one attached hydrogen (secondary N) is 1. The maximum absolute atomic E-state index is 13.0. The Balaban J connectivity index is 1.69. The monoisotopic (exact) mass is 376 g/mol. The van der Waals surface area contributed by atoms with Gasteiger partial charge >= 0.3 is 0 Å². The summed E-state index contributed by atoms with van der Waals surface area (Å²) < 4.78 is 1.49. The van der Waals surface area contributed by atoms with Gasteiger partial charge in [-0.2, -0.15) is 0 Å². The highest BCUT2D eigenvalue weighted by atomic mass is 32.1. The summed E-state index contributed by atoms with van der Waals surface area (Å²) in [5, 5.41) is 4.61. The summed E-state index contributed by atoms with van der Waals surface area (Å²) in [5.41, 5.74) is 3.12. The number of aryl methyl sites for hydroxylation is 1. The lowest BCUT2D eigenvalue weighted by atomic mass is 10.1. The molecular formula is C20H16N4O2S. The van der Waals surface area contributed by atoms with Crippen LogP contribution in [-0.2, 0) is 6.54 Å². The molecule has 27 heavy (non-hydrogen) atoms. The fourth-order valence-electron chi connectivity index (χ4n) is 2.74. The Bertz CT molecular complexity index is 1160. The number of hydrogen-bond donors (Lipinski definition) is 1. The van der Waals surface area contributed by atoms with Crippen molar-refractivity contribution in [1.82, 2.24) is 19.7 Å². The van der Waals surface area contributed by atoms with Crippen LogP contribution in [0.2, 0.25) is 0 Å². The maximum Gasteiger partial charge on any atom is 0.271 e. The van der Waals surface area contributed by atoms with Crippen molar-refractivity contribution in [2.75, 3.05) is 0 Å². The van der Waals surface area contributed by atoms with Crippen molar-refractivity contribution >= 4 is 22.2 Å². The second kappa shape index (κ2) is 7.13. The highest BCUT2D eigenvalue weighted by Crippen LogP contribution is 2.24. The molecule has 3 aromatic heterocycles. The van der Waals surface area contributed by atoms with E-state index in [9.17, 15) is 9.59 Å². The summed E-state index contributed by atoms with van der Waals surface area (Å²) in [6.07, 6.45) is 2.99. The second-order valence-corrected chi connectivity index (χ2v) is 6.92. The van der Waals surface area contributed by atoms with Gasteiger partial charge in [0.15, 0.2) is 4.96 Å². The van der Waals surface area contributed by atoms with E-state index in [0.29, 0.717) is 4.96 Å². The molecule has 4 aromatic rings. The van der Waals surface area contributed by atoms with Crippen molar-refractivity contribution in [3.8, 4) is 11.3 Å². The summed E-state index contributed by atoms with van der Waals surface area (Å²) in [7, 11) is 0. The van der Waals surface area contributed by atoms with Crippen LogP contribution in [0.25, 0.3) is 16.2 Å². The summed E-state index contributed by atoms with van der Waals surface area (Å²) in [5.74, 6) is -0.464. The first-order chi connectivity index (χ1) is 13.1. The standard InChI is InChI=1S/C20H16N4O2S/c1-13-5-7-14(8-6-13)17-12-27-20-23-11-16(19(26)24(17)20)18(25)22-10-15-4-2-3-9-21-15/h2-9,11-12H,10H2,1H3,(H,22,25). The zero-order valence-electron chi connectivity index (χ0n) is 14.5. The van der Waals surface area contributed by atoms with E-state index in [2.05, 4.69) is 15.3 Å². The van der Waals surface area contributed by atoms with Crippen LogP contribution in [0, 0.1) is 6.92 Å². The average molecular weight is 376 g/mol. The van der Waals surface area contributed by atoms with E-state index >= 15 is 0 Å². The van der Waals surface area contributed by atoms with Gasteiger partial charge in [-0.1, -0.05) is 35.9 Å². The van der Waals surface area contributed by atoms with Crippen LogP contribution >= 0.6 is 11.3 Å². The lowest BCUT2D eigenvalue weighted by Gasteiger charge is -2.06. The molecule has 0 saturated heterocycles. The molecule has 0 atom stereocenters. The number of aromatic nitrogens is 3. The van der Waals surface area contributed by atoms with Crippen LogP contribution in [-0.4, -0.2) is 20.3 Å². The topological polar surface area (TPSA) is 76.4 Å². The van der Waals surface area contributed by atoms with Crippen molar-refractivity contribution in [2.24, 2.45) is 0 Å². The van der Waals surface area contributed by atoms with Crippen molar-refractivity contribution in [2.45, 2.75) is 13.5 Å². The maximum atomic E-state index is 13.0. The van der Waals surface area contributed by atoms with Crippen LogP contribution in [0.3, 0.4) is 0 Å². The number of rotatable bonds is 4. The minimum Gasteiger partial charge on any atom is -0.346 e. The number of carbonyl (C=O) groups excluding carboxylic acids is 1. The molecule has 0 aliphatic rings. The first-order valence-electron chi connectivity index (χ1n) is 8.38. The van der Waals surface area contributed by atoms with Gasteiger partial charge in [-0.3, -0.25) is 19.0 Å². The molecule has 3 heterocycles. The highest BCUT2D eigenvalue weighted by molar-refractivity contribution is 7.15. The molecule has 0 unspecified atom stereocenters. The van der Waals surface area contributed by atoms with Gasteiger partial charge in [0.2, 0.25) is 0 Å². The highest BCUT2D eigenvalue weighted by Gasteiger charge is 2.17. The number of fused-ring (bicyclic) bond motifs is 1. The lowest BCUT2D eigenvalue weighted by Crippen LogP contribution is -2.31. The molecule has 1 N–H and O–H groups in total. The Kier molecular flexibility index (Phi) is 4.52. The Morgan fingerprint density at radius 3 is 2.70 bits per heavy atom. The second-order valence-electron chi connectivity index (χ2n) is 6.09. The first-order valence-corrected chi connectivity index (χ1v) is 9.26. The fourth-order valence-corrected chi connectivity index (χ4v) is 3.60. The zero-order valence-corrected chi connectivity index (χ0v) is 15.4. The Hall–Kier alpha value is -3.32. The summed E-state index contributed by atoms with van der Waals surface area (Å²) in [6, 6.07) is 13.3. The van der Waals surface area contributed by atoms with Crippen molar-refractivity contribution in [3.63, 3.8) is 0 Å². The molecule has 1 aromatic carbocycles. The molecule has 0 aliphatic carbocycles. The van der Waals surface area contributed by atoms with Crippen LogP contribution in [0.4, 0.5) is 0 Å². The summed E-state index contributed by atoms with van der Waals surface area (Å²) in [6.45, 7) is 2.25. The number of benzene rings is 1. The van der Waals surface area contributed by atoms with E-state index in [1.54, 1.807) is 12.3 Å². The number of thiazole rings is 1. The quantitative estimate of drug-likeness (QED) is 0.594. The van der Waals surface area contributed by atoms with Gasteiger partial charge in [0, 0.05) is 17.8 Å². The van der Waals surface area contributed by atoms with E-state index in [0.717, 1.165) is 22.5 Å². The molecule has 0 radical (unpaired) electrons. The third-order valence-electron chi connectivity index (χ3n) is 4.19. The fraction of sp³-hybridized carbons (Fsp3) is 0.100. The Morgan fingerprint density at radius 1 is 1.15 bits per heavy atom. The molecular weight excluding hydrogens is 360 g/mol. The van der Waals surface area contributed by atoms with Crippen LogP contribution in [0.5, 0.6) is 0 Å². The van der Waals surface area contributed by atoms with Crippen LogP contribution in [0.15, 0.2) is 65.0 Å². The Labute approximate surface area is 159 Å². The van der Waals surface area contributed by atoms with E-state index in [-0.39, 0.29) is 17.7 Å². The number of pyridine rings is 1. The number of nitrogens with zero attached hydrogens (tertiary/aromatic N) is 3. The molecule has 4 rings (SSSR count). The number of amides is 1. The molecule has 0 aliphatic heterocycles. The van der Waals surface area contributed by atoms with E-state index in [1.807, 2.05) is 48.7 Å². The largest absolute Gasteiger partial charge is 0.346 e. The van der Waals surface area contributed by atoms with Gasteiger partial charge in [0.25, 0.3) is 11.5 Å². The van der Waals surface area contributed by atoms with E-state index < -0.39 is 5.91 Å². The molecule has 0 bridgehead atoms. The molecule has 0 spiro atoms. The average Bonchev–Trinajstić information content (AvgIpc) is 3.13. The van der Waals surface area contributed by atoms with E-state index in [1.165, 1.54) is 21.9 Å². The molecule has 6 nitrogen and oxygen atoms in total. The van der Waals surface area contributed by atoms with Crippen LogP contribution in [0.1, 0.15) is 21.6 Å². The van der Waals surface area contributed by atoms with Gasteiger partial charge < -0.3 is 5.32 Å². The SMILES string of the molecule is Cc1ccc(-c2csc3ncc(C(=O)NCc4ccccn4)c(=O)n23)cc1. The molecule has 7 heteroatoms. The predicted octanol–water partition coefficient (Wildman–Crippen LogP) is 3.06. The Morgan fingerprint density at radius 2 is 1.96 bits per heavy atom. The van der Waals surface area contributed by atoms with Gasteiger partial charge in [-0.15, -0.1) is 11.3 Å². The number of hydrogen-bond acceptors (Lipinski definition) is 5. The predicted molar refractivity (Wildman–Crippen MR) is 105 cm³/mol. The third-order valence-corrected chi connectivity index (χ3v) is 5.03. The van der Waals surface area contributed by atoms with Crippen molar-refractivity contribution in [3.05, 3.63) is 87.4 Å². The van der Waals surface area contributed by atoms with Crippen molar-refractivity contribution in [1.29, 1.82) is 0 Å². The lowest BCUT2D eigenvalue weighted by molar-refractivity contribution is 0.0948.